The van der Waals surface area contributed by atoms with Crippen LogP contribution in [0.2, 0.25) is 0 Å². The molecule has 0 fully saturated rings. The van der Waals surface area contributed by atoms with Crippen molar-refractivity contribution in [1.82, 2.24) is 20.4 Å². The van der Waals surface area contributed by atoms with Gasteiger partial charge in [-0.25, -0.2) is 9.18 Å². The second kappa shape index (κ2) is 11.0. The third-order valence-corrected chi connectivity index (χ3v) is 4.63. The maximum atomic E-state index is 13.9. The second-order valence-corrected chi connectivity index (χ2v) is 6.93. The van der Waals surface area contributed by atoms with E-state index in [0.717, 1.165) is 11.1 Å². The van der Waals surface area contributed by atoms with Crippen LogP contribution in [0.4, 0.5) is 14.9 Å². The largest absolute Gasteiger partial charge is 0.497 e. The minimum Gasteiger partial charge on any atom is -0.497 e. The molecule has 2 aromatic carbocycles. The van der Waals surface area contributed by atoms with E-state index in [0.29, 0.717) is 17.0 Å². The summed E-state index contributed by atoms with van der Waals surface area (Å²) in [6.07, 6.45) is 3.46. The van der Waals surface area contributed by atoms with Gasteiger partial charge in [0.05, 0.1) is 33.0 Å². The van der Waals surface area contributed by atoms with Crippen molar-refractivity contribution < 1.29 is 19.0 Å². The van der Waals surface area contributed by atoms with Crippen molar-refractivity contribution >= 4 is 17.6 Å². The summed E-state index contributed by atoms with van der Waals surface area (Å²) in [7, 11) is 1.43. The van der Waals surface area contributed by atoms with E-state index in [1.54, 1.807) is 30.6 Å². The first-order valence-electron chi connectivity index (χ1n) is 9.90. The fourth-order valence-corrected chi connectivity index (χ4v) is 3.03. The highest BCUT2D eigenvalue weighted by Crippen LogP contribution is 2.21. The van der Waals surface area contributed by atoms with Gasteiger partial charge in [-0.1, -0.05) is 12.1 Å². The highest BCUT2D eigenvalue weighted by atomic mass is 19.1. The first-order chi connectivity index (χ1) is 15.5. The number of amidine groups is 1. The Kier molecular flexibility index (Phi) is 7.90. The molecule has 32 heavy (non-hydrogen) atoms. The summed E-state index contributed by atoms with van der Waals surface area (Å²) in [4.78, 5) is 14.2. The summed E-state index contributed by atoms with van der Waals surface area (Å²) in [6.45, 7) is 0.206. The average molecular weight is 440 g/mol. The zero-order valence-corrected chi connectivity index (χ0v) is 17.6. The van der Waals surface area contributed by atoms with Crippen LogP contribution in [0.5, 0.6) is 5.75 Å². The number of carbonyl (C=O) groups excluding carboxylic acids is 1. The first kappa shape index (κ1) is 22.9. The molecule has 0 saturated carbocycles. The molecule has 2 amide bonds. The molecular weight excluding hydrogens is 415 g/mol. The molecule has 1 aromatic heterocycles. The van der Waals surface area contributed by atoms with Gasteiger partial charge in [-0.15, -0.1) is 0 Å². The zero-order valence-electron chi connectivity index (χ0n) is 17.6. The molecule has 3 aromatic rings. The maximum Gasteiger partial charge on any atom is 0.327 e. The van der Waals surface area contributed by atoms with Crippen molar-refractivity contribution in [3.63, 3.8) is 0 Å². The molecule has 0 atom stereocenters. The number of urea groups is 1. The predicted octanol–water partition coefficient (Wildman–Crippen LogP) is 2.82. The number of methoxy groups -OCH3 is 1. The smallest absolute Gasteiger partial charge is 0.327 e. The molecule has 3 rings (SSSR count). The number of aromatic nitrogens is 2. The van der Waals surface area contributed by atoms with Gasteiger partial charge in [0.2, 0.25) is 0 Å². The van der Waals surface area contributed by atoms with Crippen LogP contribution < -0.4 is 15.4 Å². The number of benzene rings is 2. The van der Waals surface area contributed by atoms with Crippen molar-refractivity contribution in [2.24, 2.45) is 0 Å². The summed E-state index contributed by atoms with van der Waals surface area (Å²) >= 11 is 0. The van der Waals surface area contributed by atoms with Crippen LogP contribution in [-0.2, 0) is 6.54 Å². The molecule has 0 saturated heterocycles. The van der Waals surface area contributed by atoms with Gasteiger partial charge in [0.1, 0.15) is 17.4 Å². The Balaban J connectivity index is 1.76. The number of aliphatic hydroxyl groups is 1. The lowest BCUT2D eigenvalue weighted by atomic mass is 10.1. The van der Waals surface area contributed by atoms with Gasteiger partial charge in [-0.3, -0.25) is 15.4 Å². The van der Waals surface area contributed by atoms with E-state index in [2.05, 4.69) is 20.8 Å². The van der Waals surface area contributed by atoms with Crippen molar-refractivity contribution in [2.45, 2.75) is 6.54 Å². The number of halogens is 1. The first-order valence-corrected chi connectivity index (χ1v) is 9.90. The van der Waals surface area contributed by atoms with Crippen LogP contribution in [0.25, 0.3) is 11.1 Å². The number of H-pyrrole nitrogens is 1. The molecule has 0 bridgehead atoms. The molecule has 168 valence electrons. The molecule has 0 spiro atoms. The number of rotatable bonds is 9. The highest BCUT2D eigenvalue weighted by Gasteiger charge is 2.20. The van der Waals surface area contributed by atoms with Crippen LogP contribution in [0.15, 0.2) is 54.9 Å². The number of anilines is 1. The van der Waals surface area contributed by atoms with Gasteiger partial charge < -0.3 is 20.5 Å². The summed E-state index contributed by atoms with van der Waals surface area (Å²) < 4.78 is 19.0. The number of amides is 2. The van der Waals surface area contributed by atoms with Crippen molar-refractivity contribution in [3.8, 4) is 16.9 Å². The Bertz CT molecular complexity index is 1040. The molecule has 0 radical (unpaired) electrons. The number of hydrogen-bond acceptors (Lipinski definition) is 6. The SMILES string of the molecule is COc1cc(F)cc(CN(C(=N)CNCCO)C(=O)Nc2ccc(-c3cn[nH]c3)cc2)c1. The van der Waals surface area contributed by atoms with E-state index in [1.807, 2.05) is 12.1 Å². The van der Waals surface area contributed by atoms with Gasteiger partial charge in [-0.05, 0) is 35.4 Å². The molecule has 0 aliphatic rings. The molecular formula is C22H25FN6O3. The van der Waals surface area contributed by atoms with Crippen molar-refractivity contribution in [2.75, 3.05) is 32.1 Å². The van der Waals surface area contributed by atoms with E-state index in [4.69, 9.17) is 15.3 Å². The zero-order chi connectivity index (χ0) is 22.9. The summed E-state index contributed by atoms with van der Waals surface area (Å²) in [5, 5.41) is 29.6. The third kappa shape index (κ3) is 6.13. The number of nitrogens with one attached hydrogen (secondary N) is 4. The highest BCUT2D eigenvalue weighted by molar-refractivity contribution is 6.02. The standard InChI is InChI=1S/C22H25FN6O3/c1-32-20-9-15(8-18(23)10-20)14-29(21(24)13-25-6-7-30)22(31)28-19-4-2-16(3-5-19)17-11-26-27-12-17/h2-5,8-12,24-25,30H,6-7,13-14H2,1H3,(H,26,27)(H,28,31). The number of aliphatic hydroxyl groups excluding tert-OH is 1. The van der Waals surface area contributed by atoms with E-state index in [-0.39, 0.29) is 32.1 Å². The number of ether oxygens (including phenoxy) is 1. The summed E-state index contributed by atoms with van der Waals surface area (Å²) in [6, 6.07) is 10.8. The Hall–Kier alpha value is -3.76. The van der Waals surface area contributed by atoms with Crippen LogP contribution in [0.1, 0.15) is 5.56 Å². The van der Waals surface area contributed by atoms with Gasteiger partial charge in [0.15, 0.2) is 0 Å². The maximum absolute atomic E-state index is 13.9. The monoisotopic (exact) mass is 440 g/mol. The second-order valence-electron chi connectivity index (χ2n) is 6.93. The number of aromatic amines is 1. The van der Waals surface area contributed by atoms with Crippen LogP contribution >= 0.6 is 0 Å². The van der Waals surface area contributed by atoms with E-state index >= 15 is 0 Å². The van der Waals surface area contributed by atoms with Crippen molar-refractivity contribution in [3.05, 3.63) is 66.2 Å². The topological polar surface area (TPSA) is 126 Å². The van der Waals surface area contributed by atoms with Crippen molar-refractivity contribution in [1.29, 1.82) is 5.41 Å². The van der Waals surface area contributed by atoms with Crippen LogP contribution in [0.3, 0.4) is 0 Å². The lowest BCUT2D eigenvalue weighted by Gasteiger charge is -2.24. The minimum atomic E-state index is -0.542. The lowest BCUT2D eigenvalue weighted by Crippen LogP contribution is -2.43. The molecule has 1 heterocycles. The Labute approximate surface area is 184 Å². The molecule has 10 heteroatoms. The van der Waals surface area contributed by atoms with Gasteiger partial charge in [-0.2, -0.15) is 5.10 Å². The van der Waals surface area contributed by atoms with E-state index in [9.17, 15) is 9.18 Å². The minimum absolute atomic E-state index is 0.0332. The third-order valence-electron chi connectivity index (χ3n) is 4.63. The van der Waals surface area contributed by atoms with E-state index < -0.39 is 11.8 Å². The molecule has 9 nitrogen and oxygen atoms in total. The molecule has 0 unspecified atom stereocenters. The van der Waals surface area contributed by atoms with Gasteiger partial charge in [0, 0.05) is 30.1 Å². The Morgan fingerprint density at radius 1 is 1.25 bits per heavy atom. The number of carbonyl (C=O) groups is 1. The average Bonchev–Trinajstić information content (AvgIpc) is 3.32. The number of hydrogen-bond donors (Lipinski definition) is 5. The van der Waals surface area contributed by atoms with E-state index in [1.165, 1.54) is 24.1 Å². The summed E-state index contributed by atoms with van der Waals surface area (Å²) in [5.41, 5.74) is 2.86. The quantitative estimate of drug-likeness (QED) is 0.199. The molecule has 0 aliphatic heterocycles. The van der Waals surface area contributed by atoms with Crippen LogP contribution in [-0.4, -0.2) is 58.9 Å². The lowest BCUT2D eigenvalue weighted by molar-refractivity contribution is 0.231. The normalized spacial score (nSPS) is 10.6. The Morgan fingerprint density at radius 3 is 2.69 bits per heavy atom. The fraction of sp³-hybridized carbons (Fsp3) is 0.227. The fourth-order valence-electron chi connectivity index (χ4n) is 3.03. The molecule has 0 aliphatic carbocycles. The van der Waals surface area contributed by atoms with Gasteiger partial charge >= 0.3 is 6.03 Å². The molecule has 5 N–H and O–H groups in total. The van der Waals surface area contributed by atoms with Gasteiger partial charge in [0.25, 0.3) is 0 Å². The predicted molar refractivity (Wildman–Crippen MR) is 119 cm³/mol. The number of nitrogens with zero attached hydrogens (tertiary/aromatic N) is 2. The summed E-state index contributed by atoms with van der Waals surface area (Å²) in [5.74, 6) is -0.214. The Morgan fingerprint density at radius 2 is 2.03 bits per heavy atom. The van der Waals surface area contributed by atoms with Crippen LogP contribution in [0, 0.1) is 11.2 Å².